The lowest BCUT2D eigenvalue weighted by atomic mass is 10.1. The minimum atomic E-state index is -1.19. The summed E-state index contributed by atoms with van der Waals surface area (Å²) < 4.78 is 10.5. The van der Waals surface area contributed by atoms with E-state index in [0.29, 0.717) is 13.2 Å². The van der Waals surface area contributed by atoms with Crippen LogP contribution in [0.2, 0.25) is 0 Å². The molecule has 0 aliphatic heterocycles. The van der Waals surface area contributed by atoms with Crippen molar-refractivity contribution in [3.8, 4) is 0 Å². The fourth-order valence-electron chi connectivity index (χ4n) is 1.02. The Hall–Kier alpha value is -1.48. The Morgan fingerprint density at radius 3 is 1.57 bits per heavy atom. The Labute approximate surface area is 136 Å². The van der Waals surface area contributed by atoms with Crippen LogP contribution in [0.15, 0.2) is 11.1 Å². The number of ether oxygens (including phenoxy) is 2. The number of hydrogen-bond acceptors (Lipinski definition) is 6. The summed E-state index contributed by atoms with van der Waals surface area (Å²) in [6.07, 6.45) is -0.654. The molecule has 0 aromatic rings. The van der Waals surface area contributed by atoms with E-state index in [-0.39, 0.29) is 30.0 Å². The predicted octanol–water partition coefficient (Wildman–Crippen LogP) is 0.662. The van der Waals surface area contributed by atoms with E-state index in [0.717, 1.165) is 0 Å². The molecule has 3 atom stereocenters. The molecule has 8 nitrogen and oxygen atoms in total. The van der Waals surface area contributed by atoms with Crippen LogP contribution in [-0.4, -0.2) is 70.5 Å². The van der Waals surface area contributed by atoms with E-state index in [1.54, 1.807) is 13.8 Å². The van der Waals surface area contributed by atoms with Crippen molar-refractivity contribution in [1.29, 1.82) is 0 Å². The van der Waals surface area contributed by atoms with Crippen molar-refractivity contribution in [2.75, 3.05) is 19.8 Å². The second kappa shape index (κ2) is 13.0. The standard InChI is InChI=1S/C9H20O4.C6H8O4/c1-7(11)5-12-9(3)6-13-8(2)4-10;1-3(5(7)8)4(2)6(9)10/h7-11H,4-6H2,1-3H3;1-2H3,(H,7,8)(H,9,10)/b;4-3-. The zero-order valence-corrected chi connectivity index (χ0v) is 14.3. The van der Waals surface area contributed by atoms with Gasteiger partial charge in [-0.1, -0.05) is 0 Å². The lowest BCUT2D eigenvalue weighted by Gasteiger charge is -2.16. The van der Waals surface area contributed by atoms with E-state index < -0.39 is 18.0 Å². The maximum atomic E-state index is 10.1. The third-order valence-corrected chi connectivity index (χ3v) is 2.70. The highest BCUT2D eigenvalue weighted by Gasteiger charge is 2.10. The first kappa shape index (κ1) is 23.8. The number of carboxylic acids is 2. The van der Waals surface area contributed by atoms with Crippen molar-refractivity contribution in [1.82, 2.24) is 0 Å². The molecule has 0 fully saturated rings. The molecular formula is C15H28O8. The third-order valence-electron chi connectivity index (χ3n) is 2.70. The SMILES string of the molecule is C/C(C(=O)O)=C(\C)C(=O)O.CC(O)COC(C)COC(C)CO. The van der Waals surface area contributed by atoms with E-state index in [1.807, 2.05) is 6.92 Å². The number of carboxylic acid groups (broad SMARTS) is 2. The maximum absolute atomic E-state index is 10.1. The minimum absolute atomic E-state index is 0.0170. The molecule has 3 unspecified atom stereocenters. The summed E-state index contributed by atoms with van der Waals surface area (Å²) in [4.78, 5) is 20.2. The van der Waals surface area contributed by atoms with Crippen LogP contribution in [0.4, 0.5) is 0 Å². The molecule has 0 aromatic heterocycles. The first-order chi connectivity index (χ1) is 10.5. The van der Waals surface area contributed by atoms with Crippen LogP contribution in [-0.2, 0) is 19.1 Å². The van der Waals surface area contributed by atoms with Gasteiger partial charge < -0.3 is 29.9 Å². The van der Waals surface area contributed by atoms with E-state index in [4.69, 9.17) is 29.9 Å². The molecule has 0 amide bonds. The van der Waals surface area contributed by atoms with Crippen molar-refractivity contribution >= 4 is 11.9 Å². The molecule has 0 saturated carbocycles. The van der Waals surface area contributed by atoms with Crippen LogP contribution in [0, 0.1) is 0 Å². The summed E-state index contributed by atoms with van der Waals surface area (Å²) in [7, 11) is 0. The number of hydrogen-bond donors (Lipinski definition) is 4. The predicted molar refractivity (Wildman–Crippen MR) is 83.2 cm³/mol. The largest absolute Gasteiger partial charge is 0.478 e. The van der Waals surface area contributed by atoms with Gasteiger partial charge in [0.25, 0.3) is 0 Å². The lowest BCUT2D eigenvalue weighted by Crippen LogP contribution is -2.24. The number of aliphatic carboxylic acids is 2. The summed E-state index contributed by atoms with van der Waals surface area (Å²) in [6, 6.07) is 0. The molecule has 136 valence electrons. The zero-order chi connectivity index (χ0) is 18.6. The van der Waals surface area contributed by atoms with Crippen molar-refractivity contribution in [2.45, 2.75) is 52.9 Å². The van der Waals surface area contributed by atoms with Crippen LogP contribution < -0.4 is 0 Å². The van der Waals surface area contributed by atoms with Gasteiger partial charge in [0, 0.05) is 11.1 Å². The van der Waals surface area contributed by atoms with Crippen LogP contribution in [0.25, 0.3) is 0 Å². The minimum Gasteiger partial charge on any atom is -0.478 e. The quantitative estimate of drug-likeness (QED) is 0.451. The Morgan fingerprint density at radius 1 is 0.870 bits per heavy atom. The molecule has 4 N–H and O–H groups in total. The highest BCUT2D eigenvalue weighted by molar-refractivity contribution is 5.97. The van der Waals surface area contributed by atoms with Crippen LogP contribution >= 0.6 is 0 Å². The van der Waals surface area contributed by atoms with Crippen molar-refractivity contribution in [3.63, 3.8) is 0 Å². The van der Waals surface area contributed by atoms with Crippen molar-refractivity contribution in [2.24, 2.45) is 0 Å². The zero-order valence-electron chi connectivity index (χ0n) is 14.3. The Morgan fingerprint density at radius 2 is 1.26 bits per heavy atom. The van der Waals surface area contributed by atoms with Crippen molar-refractivity contribution < 1.29 is 39.5 Å². The van der Waals surface area contributed by atoms with E-state index in [9.17, 15) is 9.59 Å². The summed E-state index contributed by atoms with van der Waals surface area (Å²) in [6.45, 7) is 8.62. The topological polar surface area (TPSA) is 134 Å². The average Bonchev–Trinajstić information content (AvgIpc) is 2.49. The molecule has 0 spiro atoms. The first-order valence-corrected chi connectivity index (χ1v) is 7.19. The lowest BCUT2D eigenvalue weighted by molar-refractivity contribution is -0.135. The van der Waals surface area contributed by atoms with Crippen molar-refractivity contribution in [3.05, 3.63) is 11.1 Å². The fraction of sp³-hybridized carbons (Fsp3) is 0.733. The third kappa shape index (κ3) is 13.9. The Kier molecular flexibility index (Phi) is 13.4. The smallest absolute Gasteiger partial charge is 0.331 e. The van der Waals surface area contributed by atoms with Crippen LogP contribution in [0.3, 0.4) is 0 Å². The second-order valence-electron chi connectivity index (χ2n) is 5.18. The van der Waals surface area contributed by atoms with Gasteiger partial charge in [-0.2, -0.15) is 0 Å². The summed E-state index contributed by atoms with van der Waals surface area (Å²) in [5.74, 6) is -2.39. The Balaban J connectivity index is 0. The van der Waals surface area contributed by atoms with Gasteiger partial charge >= 0.3 is 11.9 Å². The number of aliphatic hydroxyl groups excluding tert-OH is 2. The summed E-state index contributed by atoms with van der Waals surface area (Å²) in [5.41, 5.74) is -0.264. The molecule has 0 bridgehead atoms. The second-order valence-corrected chi connectivity index (χ2v) is 5.18. The number of rotatable bonds is 9. The molecule has 0 saturated heterocycles. The fourth-order valence-corrected chi connectivity index (χ4v) is 1.02. The Bertz CT molecular complexity index is 367. The van der Waals surface area contributed by atoms with Crippen LogP contribution in [0.1, 0.15) is 34.6 Å². The molecule has 0 radical (unpaired) electrons. The normalized spacial score (nSPS) is 15.6. The van der Waals surface area contributed by atoms with E-state index >= 15 is 0 Å². The number of carbonyl (C=O) groups is 2. The highest BCUT2D eigenvalue weighted by Crippen LogP contribution is 2.02. The van der Waals surface area contributed by atoms with Gasteiger partial charge in [-0.05, 0) is 34.6 Å². The first-order valence-electron chi connectivity index (χ1n) is 7.19. The molecule has 0 aliphatic rings. The van der Waals surface area contributed by atoms with E-state index in [2.05, 4.69) is 0 Å². The van der Waals surface area contributed by atoms with Gasteiger partial charge in [0.15, 0.2) is 0 Å². The average molecular weight is 336 g/mol. The molecule has 23 heavy (non-hydrogen) atoms. The molecular weight excluding hydrogens is 308 g/mol. The van der Waals surface area contributed by atoms with Gasteiger partial charge in [-0.15, -0.1) is 0 Å². The van der Waals surface area contributed by atoms with Gasteiger partial charge in [0.2, 0.25) is 0 Å². The van der Waals surface area contributed by atoms with Gasteiger partial charge in [0.05, 0.1) is 38.1 Å². The monoisotopic (exact) mass is 336 g/mol. The van der Waals surface area contributed by atoms with Gasteiger partial charge in [0.1, 0.15) is 0 Å². The summed E-state index contributed by atoms with van der Waals surface area (Å²) >= 11 is 0. The molecule has 0 aromatic carbocycles. The van der Waals surface area contributed by atoms with E-state index in [1.165, 1.54) is 13.8 Å². The maximum Gasteiger partial charge on any atom is 0.331 e. The number of aliphatic hydroxyl groups is 2. The molecule has 0 aliphatic carbocycles. The van der Waals surface area contributed by atoms with Gasteiger partial charge in [-0.3, -0.25) is 0 Å². The molecule has 0 rings (SSSR count). The highest BCUT2D eigenvalue weighted by atomic mass is 16.5. The van der Waals surface area contributed by atoms with Gasteiger partial charge in [-0.25, -0.2) is 9.59 Å². The molecule has 0 heterocycles. The molecule has 8 heteroatoms. The summed E-state index contributed by atoms with van der Waals surface area (Å²) in [5, 5.41) is 34.1. The van der Waals surface area contributed by atoms with Crippen LogP contribution in [0.5, 0.6) is 0 Å².